The molecular weight excluding hydrogens is 320 g/mol. The largest absolute Gasteiger partial charge is 0.444 e. The average Bonchev–Trinajstić information content (AvgIpc) is 2.76. The maximum atomic E-state index is 12.5. The molecule has 25 heavy (non-hydrogen) atoms. The minimum Gasteiger partial charge on any atom is -0.444 e. The molecule has 0 aromatic heterocycles. The number of fused-ring (bicyclic) bond motifs is 1. The molecule has 1 aromatic rings. The maximum Gasteiger partial charge on any atom is 0.407 e. The van der Waals surface area contributed by atoms with Gasteiger partial charge in [0.05, 0.1) is 17.7 Å². The fourth-order valence-corrected chi connectivity index (χ4v) is 2.71. The van der Waals surface area contributed by atoms with E-state index in [1.165, 1.54) is 4.90 Å². The first-order valence-electron chi connectivity index (χ1n) is 8.67. The van der Waals surface area contributed by atoms with Crippen molar-refractivity contribution in [2.75, 3.05) is 6.54 Å². The van der Waals surface area contributed by atoms with E-state index in [2.05, 4.69) is 5.32 Å². The quantitative estimate of drug-likeness (QED) is 0.801. The van der Waals surface area contributed by atoms with Crippen LogP contribution in [0.1, 0.15) is 67.7 Å². The predicted octanol–water partition coefficient (Wildman–Crippen LogP) is 3.37. The molecule has 0 saturated heterocycles. The topological polar surface area (TPSA) is 75.7 Å². The fraction of sp³-hybridized carbons (Fsp3) is 0.526. The summed E-state index contributed by atoms with van der Waals surface area (Å²) in [5.74, 6) is -0.663. The highest BCUT2D eigenvalue weighted by molar-refractivity contribution is 6.21. The van der Waals surface area contributed by atoms with Crippen molar-refractivity contribution in [1.82, 2.24) is 10.2 Å². The Morgan fingerprint density at radius 2 is 1.72 bits per heavy atom. The zero-order chi connectivity index (χ0) is 18.6. The Morgan fingerprint density at radius 1 is 1.16 bits per heavy atom. The third-order valence-corrected chi connectivity index (χ3v) is 3.89. The van der Waals surface area contributed by atoms with Crippen molar-refractivity contribution in [3.8, 4) is 0 Å². The monoisotopic (exact) mass is 346 g/mol. The fourth-order valence-electron chi connectivity index (χ4n) is 2.71. The number of ether oxygens (including phenoxy) is 1. The lowest BCUT2D eigenvalue weighted by Crippen LogP contribution is -2.45. The van der Waals surface area contributed by atoms with Gasteiger partial charge in [-0.05, 0) is 45.7 Å². The van der Waals surface area contributed by atoms with Crippen LogP contribution in [0.15, 0.2) is 24.3 Å². The van der Waals surface area contributed by atoms with Crippen molar-refractivity contribution in [3.63, 3.8) is 0 Å². The molecule has 0 fully saturated rings. The summed E-state index contributed by atoms with van der Waals surface area (Å²) < 4.78 is 5.49. The van der Waals surface area contributed by atoms with Crippen LogP contribution >= 0.6 is 0 Å². The lowest BCUT2D eigenvalue weighted by atomic mass is 10.1. The smallest absolute Gasteiger partial charge is 0.407 e. The number of alkyl carbamates (subject to hydrolysis) is 1. The second-order valence-electron chi connectivity index (χ2n) is 7.31. The minimum atomic E-state index is -0.537. The molecule has 0 unspecified atom stereocenters. The SMILES string of the molecule is CCCC[C@H](CN1C(=O)c2ccccc2C1=O)OC(=O)NC(C)(C)C. The van der Waals surface area contributed by atoms with Gasteiger partial charge in [-0.2, -0.15) is 0 Å². The first-order valence-corrected chi connectivity index (χ1v) is 8.67. The second kappa shape index (κ2) is 7.68. The van der Waals surface area contributed by atoms with Crippen molar-refractivity contribution < 1.29 is 19.1 Å². The first kappa shape index (κ1) is 19.0. The Morgan fingerprint density at radius 3 is 2.20 bits per heavy atom. The normalized spacial score (nSPS) is 15.1. The highest BCUT2D eigenvalue weighted by Gasteiger charge is 2.37. The summed E-state index contributed by atoms with van der Waals surface area (Å²) in [5, 5.41) is 2.74. The summed E-state index contributed by atoms with van der Waals surface area (Å²) in [6.07, 6.45) is 1.32. The Balaban J connectivity index is 2.08. The Labute approximate surface area is 148 Å². The van der Waals surface area contributed by atoms with E-state index in [4.69, 9.17) is 4.74 Å². The molecule has 6 nitrogen and oxygen atoms in total. The summed E-state index contributed by atoms with van der Waals surface area (Å²) in [6.45, 7) is 7.69. The molecule has 0 saturated carbocycles. The standard InChI is InChI=1S/C19H26N2O4/c1-5-6-9-13(25-18(24)20-19(2,3)4)12-21-16(22)14-10-7-8-11-15(14)17(21)23/h7-8,10-11,13H,5-6,9,12H2,1-4H3,(H,20,24)/t13-/m1/s1. The van der Waals surface area contributed by atoms with E-state index in [1.807, 2.05) is 27.7 Å². The number of nitrogens with zero attached hydrogens (tertiary/aromatic N) is 1. The molecule has 3 amide bonds. The van der Waals surface area contributed by atoms with E-state index in [-0.39, 0.29) is 18.4 Å². The van der Waals surface area contributed by atoms with Gasteiger partial charge in [-0.15, -0.1) is 0 Å². The molecule has 136 valence electrons. The molecule has 1 atom stereocenters. The third kappa shape index (κ3) is 4.81. The summed E-state index contributed by atoms with van der Waals surface area (Å²) in [6, 6.07) is 6.75. The van der Waals surface area contributed by atoms with Gasteiger partial charge in [-0.1, -0.05) is 25.5 Å². The summed E-state index contributed by atoms with van der Waals surface area (Å²) in [7, 11) is 0. The van der Waals surface area contributed by atoms with Crippen LogP contribution in [0.4, 0.5) is 4.79 Å². The number of unbranched alkanes of at least 4 members (excludes halogenated alkanes) is 1. The first-order chi connectivity index (χ1) is 11.7. The van der Waals surface area contributed by atoms with Crippen LogP contribution in [0.3, 0.4) is 0 Å². The van der Waals surface area contributed by atoms with Crippen molar-refractivity contribution in [2.24, 2.45) is 0 Å². The molecule has 0 bridgehead atoms. The van der Waals surface area contributed by atoms with Gasteiger partial charge in [0.25, 0.3) is 11.8 Å². The number of imide groups is 1. The van der Waals surface area contributed by atoms with Crippen LogP contribution in [0, 0.1) is 0 Å². The molecule has 1 heterocycles. The summed E-state index contributed by atoms with van der Waals surface area (Å²) in [4.78, 5) is 38.2. The van der Waals surface area contributed by atoms with Crippen LogP contribution in [0.2, 0.25) is 0 Å². The Bertz CT molecular complexity index is 629. The van der Waals surface area contributed by atoms with Gasteiger partial charge < -0.3 is 10.1 Å². The maximum absolute atomic E-state index is 12.5. The van der Waals surface area contributed by atoms with Crippen LogP contribution in [0.25, 0.3) is 0 Å². The van der Waals surface area contributed by atoms with Crippen LogP contribution < -0.4 is 5.32 Å². The minimum absolute atomic E-state index is 0.0733. The van der Waals surface area contributed by atoms with Crippen molar-refractivity contribution in [1.29, 1.82) is 0 Å². The van der Waals surface area contributed by atoms with Gasteiger partial charge >= 0.3 is 6.09 Å². The third-order valence-electron chi connectivity index (χ3n) is 3.89. The number of amides is 3. The number of carbonyl (C=O) groups is 3. The summed E-state index contributed by atoms with van der Waals surface area (Å²) >= 11 is 0. The van der Waals surface area contributed by atoms with Crippen molar-refractivity contribution in [3.05, 3.63) is 35.4 Å². The highest BCUT2D eigenvalue weighted by atomic mass is 16.6. The van der Waals surface area contributed by atoms with Gasteiger partial charge in [0.15, 0.2) is 0 Å². The molecule has 0 spiro atoms. The number of benzene rings is 1. The van der Waals surface area contributed by atoms with Gasteiger partial charge in [-0.25, -0.2) is 4.79 Å². The van der Waals surface area contributed by atoms with E-state index in [0.717, 1.165) is 12.8 Å². The van der Waals surface area contributed by atoms with E-state index in [9.17, 15) is 14.4 Å². The van der Waals surface area contributed by atoms with Crippen LogP contribution in [0.5, 0.6) is 0 Å². The number of hydrogen-bond acceptors (Lipinski definition) is 4. The molecule has 6 heteroatoms. The number of nitrogens with one attached hydrogen (secondary N) is 1. The summed E-state index contributed by atoms with van der Waals surface area (Å²) in [5.41, 5.74) is 0.392. The molecular formula is C19H26N2O4. The van der Waals surface area contributed by atoms with Gasteiger partial charge in [-0.3, -0.25) is 14.5 Å². The van der Waals surface area contributed by atoms with Crippen molar-refractivity contribution in [2.45, 2.75) is 58.6 Å². The van der Waals surface area contributed by atoms with E-state index >= 15 is 0 Å². The van der Waals surface area contributed by atoms with Crippen molar-refractivity contribution >= 4 is 17.9 Å². The highest BCUT2D eigenvalue weighted by Crippen LogP contribution is 2.23. The molecule has 1 aliphatic rings. The Kier molecular flexibility index (Phi) is 5.82. The zero-order valence-electron chi connectivity index (χ0n) is 15.3. The molecule has 1 N–H and O–H groups in total. The number of carbonyl (C=O) groups excluding carboxylic acids is 3. The Hall–Kier alpha value is -2.37. The predicted molar refractivity (Wildman–Crippen MR) is 94.5 cm³/mol. The molecule has 1 aromatic carbocycles. The lowest BCUT2D eigenvalue weighted by molar-refractivity contribution is 0.0433. The van der Waals surface area contributed by atoms with E-state index in [0.29, 0.717) is 17.5 Å². The average molecular weight is 346 g/mol. The van der Waals surface area contributed by atoms with Gasteiger partial charge in [0.1, 0.15) is 6.10 Å². The molecule has 0 aliphatic carbocycles. The lowest BCUT2D eigenvalue weighted by Gasteiger charge is -2.26. The number of hydrogen-bond donors (Lipinski definition) is 1. The number of rotatable bonds is 6. The molecule has 2 rings (SSSR count). The van der Waals surface area contributed by atoms with E-state index in [1.54, 1.807) is 24.3 Å². The molecule has 0 radical (unpaired) electrons. The second-order valence-corrected chi connectivity index (χ2v) is 7.31. The van der Waals surface area contributed by atoms with Gasteiger partial charge in [0.2, 0.25) is 0 Å². The van der Waals surface area contributed by atoms with E-state index < -0.39 is 17.7 Å². The van der Waals surface area contributed by atoms with Gasteiger partial charge in [0, 0.05) is 5.54 Å². The van der Waals surface area contributed by atoms with Crippen LogP contribution in [-0.2, 0) is 4.74 Å². The zero-order valence-corrected chi connectivity index (χ0v) is 15.3. The van der Waals surface area contributed by atoms with Crippen LogP contribution in [-0.4, -0.2) is 41.0 Å². The molecule has 1 aliphatic heterocycles.